The molecule has 7 nitrogen and oxygen atoms in total. The van der Waals surface area contributed by atoms with Crippen LogP contribution in [0.1, 0.15) is 17.1 Å². The Hall–Kier alpha value is -2.70. The van der Waals surface area contributed by atoms with Crippen LogP contribution in [0.4, 0.5) is 5.82 Å². The quantitative estimate of drug-likeness (QED) is 0.756. The number of fused-ring (bicyclic) bond motifs is 1. The summed E-state index contributed by atoms with van der Waals surface area (Å²) in [5.41, 5.74) is 2.43. The topological polar surface area (TPSA) is 88.5 Å². The van der Waals surface area contributed by atoms with Gasteiger partial charge >= 0.3 is 0 Å². The van der Waals surface area contributed by atoms with Gasteiger partial charge < -0.3 is 10.3 Å². The number of anilines is 1. The fraction of sp³-hybridized carbons (Fsp3) is 0.286. The molecular formula is C14H16N6O. The zero-order valence-electron chi connectivity index (χ0n) is 12.1. The van der Waals surface area contributed by atoms with Gasteiger partial charge in [0.2, 0.25) is 5.56 Å². The first-order valence-corrected chi connectivity index (χ1v) is 6.63. The highest BCUT2D eigenvalue weighted by Crippen LogP contribution is 2.19. The first-order chi connectivity index (χ1) is 10.0. The lowest BCUT2D eigenvalue weighted by molar-refractivity contribution is 0.783. The number of H-pyrrole nitrogens is 1. The van der Waals surface area contributed by atoms with E-state index >= 15 is 0 Å². The number of pyridine rings is 1. The van der Waals surface area contributed by atoms with E-state index in [9.17, 15) is 4.79 Å². The maximum absolute atomic E-state index is 11.5. The summed E-state index contributed by atoms with van der Waals surface area (Å²) in [6.07, 6.45) is 1.74. The number of nitrogens with one attached hydrogen (secondary N) is 2. The van der Waals surface area contributed by atoms with Gasteiger partial charge in [-0.1, -0.05) is 0 Å². The highest BCUT2D eigenvalue weighted by atomic mass is 16.1. The van der Waals surface area contributed by atoms with Crippen molar-refractivity contribution in [2.45, 2.75) is 20.4 Å². The molecule has 2 N–H and O–H groups in total. The van der Waals surface area contributed by atoms with Gasteiger partial charge in [0.05, 0.1) is 11.6 Å². The molecule has 3 heterocycles. The van der Waals surface area contributed by atoms with E-state index in [0.717, 1.165) is 28.1 Å². The number of hydrogen-bond acceptors (Lipinski definition) is 5. The molecule has 21 heavy (non-hydrogen) atoms. The Morgan fingerprint density at radius 3 is 2.86 bits per heavy atom. The third kappa shape index (κ3) is 2.62. The van der Waals surface area contributed by atoms with Gasteiger partial charge in [0.15, 0.2) is 5.65 Å². The maximum atomic E-state index is 11.5. The summed E-state index contributed by atoms with van der Waals surface area (Å²) < 4.78 is 1.71. The first kappa shape index (κ1) is 13.3. The highest BCUT2D eigenvalue weighted by molar-refractivity contribution is 5.86. The minimum absolute atomic E-state index is 0.0998. The van der Waals surface area contributed by atoms with Crippen molar-refractivity contribution in [2.24, 2.45) is 7.05 Å². The molecule has 0 fully saturated rings. The smallest absolute Gasteiger partial charge is 0.248 e. The predicted octanol–water partition coefficient (Wildman–Crippen LogP) is 1.28. The molecule has 0 saturated heterocycles. The van der Waals surface area contributed by atoms with Crippen LogP contribution in [0, 0.1) is 13.8 Å². The van der Waals surface area contributed by atoms with Crippen molar-refractivity contribution in [1.29, 1.82) is 0 Å². The second-order valence-electron chi connectivity index (χ2n) is 5.01. The molecule has 0 unspecified atom stereocenters. The van der Waals surface area contributed by atoms with Gasteiger partial charge in [-0.3, -0.25) is 9.48 Å². The minimum Gasteiger partial charge on any atom is -0.365 e. The third-order valence-electron chi connectivity index (χ3n) is 3.20. The second kappa shape index (κ2) is 5.01. The van der Waals surface area contributed by atoms with Gasteiger partial charge in [-0.15, -0.1) is 0 Å². The van der Waals surface area contributed by atoms with Gasteiger partial charge in [0, 0.05) is 25.4 Å². The van der Waals surface area contributed by atoms with Crippen LogP contribution < -0.4 is 10.9 Å². The fourth-order valence-corrected chi connectivity index (χ4v) is 2.31. The Bertz CT molecular complexity index is 864. The average molecular weight is 284 g/mol. The Labute approximate surface area is 121 Å². The van der Waals surface area contributed by atoms with Crippen molar-refractivity contribution in [3.05, 3.63) is 45.8 Å². The summed E-state index contributed by atoms with van der Waals surface area (Å²) in [5, 5.41) is 8.32. The van der Waals surface area contributed by atoms with Crippen molar-refractivity contribution in [2.75, 3.05) is 5.32 Å². The molecule has 0 amide bonds. The van der Waals surface area contributed by atoms with Crippen molar-refractivity contribution in [3.8, 4) is 0 Å². The zero-order valence-corrected chi connectivity index (χ0v) is 12.1. The molecule has 0 aliphatic rings. The van der Waals surface area contributed by atoms with Crippen LogP contribution >= 0.6 is 0 Å². The van der Waals surface area contributed by atoms with Gasteiger partial charge in [-0.2, -0.15) is 5.10 Å². The van der Waals surface area contributed by atoms with E-state index < -0.39 is 0 Å². The molecule has 0 spiro atoms. The highest BCUT2D eigenvalue weighted by Gasteiger charge is 2.09. The molecule has 108 valence electrons. The van der Waals surface area contributed by atoms with Crippen molar-refractivity contribution < 1.29 is 0 Å². The zero-order chi connectivity index (χ0) is 15.0. The maximum Gasteiger partial charge on any atom is 0.248 e. The lowest BCUT2D eigenvalue weighted by Gasteiger charge is -2.08. The van der Waals surface area contributed by atoms with Gasteiger partial charge in [0.1, 0.15) is 11.6 Å². The number of aromatic nitrogens is 5. The lowest BCUT2D eigenvalue weighted by atomic mass is 10.2. The van der Waals surface area contributed by atoms with E-state index in [1.54, 1.807) is 16.9 Å². The van der Waals surface area contributed by atoms with E-state index in [1.807, 2.05) is 27.0 Å². The summed E-state index contributed by atoms with van der Waals surface area (Å²) in [5.74, 6) is 1.40. The Kier molecular flexibility index (Phi) is 3.17. The molecule has 0 radical (unpaired) electrons. The van der Waals surface area contributed by atoms with Gasteiger partial charge in [0.25, 0.3) is 0 Å². The molecular weight excluding hydrogens is 268 g/mol. The third-order valence-corrected chi connectivity index (χ3v) is 3.20. The molecule has 0 bridgehead atoms. The molecule has 0 atom stereocenters. The normalized spacial score (nSPS) is 11.0. The second-order valence-corrected chi connectivity index (χ2v) is 5.01. The summed E-state index contributed by atoms with van der Waals surface area (Å²) >= 11 is 0. The summed E-state index contributed by atoms with van der Waals surface area (Å²) in [4.78, 5) is 23.0. The Morgan fingerprint density at radius 2 is 2.10 bits per heavy atom. The molecule has 7 heteroatoms. The van der Waals surface area contributed by atoms with Crippen LogP contribution in [0.25, 0.3) is 11.0 Å². The van der Waals surface area contributed by atoms with Crippen molar-refractivity contribution in [1.82, 2.24) is 24.7 Å². The monoisotopic (exact) mass is 284 g/mol. The first-order valence-electron chi connectivity index (χ1n) is 6.63. The van der Waals surface area contributed by atoms with Gasteiger partial charge in [-0.05, 0) is 25.5 Å². The Morgan fingerprint density at radius 1 is 1.29 bits per heavy atom. The largest absolute Gasteiger partial charge is 0.365 e. The van der Waals surface area contributed by atoms with Crippen LogP contribution in [0.5, 0.6) is 0 Å². The molecule has 0 aromatic carbocycles. The van der Waals surface area contributed by atoms with Crippen LogP contribution in [-0.4, -0.2) is 24.7 Å². The number of hydrogen-bond donors (Lipinski definition) is 2. The molecule has 0 aliphatic carbocycles. The minimum atomic E-state index is -0.0998. The van der Waals surface area contributed by atoms with Crippen LogP contribution in [0.15, 0.2) is 23.1 Å². The van der Waals surface area contributed by atoms with E-state index in [0.29, 0.717) is 12.4 Å². The summed E-state index contributed by atoms with van der Waals surface area (Å²) in [7, 11) is 1.85. The summed E-state index contributed by atoms with van der Waals surface area (Å²) in [6.45, 7) is 4.22. The number of rotatable bonds is 3. The summed E-state index contributed by atoms with van der Waals surface area (Å²) in [6, 6.07) is 3.51. The predicted molar refractivity (Wildman–Crippen MR) is 80.2 cm³/mol. The number of aryl methyl sites for hydroxylation is 3. The van der Waals surface area contributed by atoms with Crippen molar-refractivity contribution in [3.63, 3.8) is 0 Å². The van der Waals surface area contributed by atoms with E-state index in [2.05, 4.69) is 25.4 Å². The Balaban J connectivity index is 1.93. The molecule has 0 aliphatic heterocycles. The van der Waals surface area contributed by atoms with Crippen LogP contribution in [-0.2, 0) is 13.6 Å². The van der Waals surface area contributed by atoms with Gasteiger partial charge in [-0.25, -0.2) is 9.97 Å². The molecule has 0 saturated carbocycles. The van der Waals surface area contributed by atoms with E-state index in [4.69, 9.17) is 0 Å². The fourth-order valence-electron chi connectivity index (χ4n) is 2.31. The molecule has 3 aromatic heterocycles. The number of nitrogens with zero attached hydrogens (tertiary/aromatic N) is 4. The lowest BCUT2D eigenvalue weighted by Crippen LogP contribution is -2.10. The van der Waals surface area contributed by atoms with E-state index in [-0.39, 0.29) is 5.56 Å². The molecule has 3 aromatic rings. The van der Waals surface area contributed by atoms with Crippen LogP contribution in [0.2, 0.25) is 0 Å². The standard InChI is InChI=1S/C14H16N6O/c1-8-4-10(5-12(21)17-8)6-15-13-11-7-16-20(3)14(11)19-9(2)18-13/h4-5,7H,6H2,1-3H3,(H,17,21)(H,15,18,19). The van der Waals surface area contributed by atoms with Crippen LogP contribution in [0.3, 0.4) is 0 Å². The SMILES string of the molecule is Cc1nc(NCc2cc(C)[nH]c(=O)c2)c2cnn(C)c2n1. The average Bonchev–Trinajstić information content (AvgIpc) is 2.77. The molecule has 3 rings (SSSR count). The van der Waals surface area contributed by atoms with E-state index in [1.165, 1.54) is 0 Å². The number of aromatic amines is 1. The van der Waals surface area contributed by atoms with Crippen molar-refractivity contribution >= 4 is 16.9 Å².